The van der Waals surface area contributed by atoms with Gasteiger partial charge in [-0.1, -0.05) is 12.5 Å². The molecule has 0 spiro atoms. The Balaban J connectivity index is 1.72. The molecule has 0 aromatic carbocycles. The predicted octanol–water partition coefficient (Wildman–Crippen LogP) is 4.40. The molecule has 4 aliphatic rings. The van der Waals surface area contributed by atoms with Crippen LogP contribution in [-0.4, -0.2) is 11.6 Å². The number of fused-ring (bicyclic) bond motifs is 4. The zero-order chi connectivity index (χ0) is 15.5. The average molecular weight is 298 g/mol. The van der Waals surface area contributed by atoms with Crippen LogP contribution in [0.5, 0.6) is 0 Å². The maximum atomic E-state index is 12.1. The first-order valence-electron chi connectivity index (χ1n) is 8.97. The van der Waals surface area contributed by atoms with Crippen molar-refractivity contribution in [3.8, 4) is 0 Å². The van der Waals surface area contributed by atoms with Crippen molar-refractivity contribution in [3.05, 3.63) is 22.8 Å². The zero-order valence-electron chi connectivity index (χ0n) is 13.8. The van der Waals surface area contributed by atoms with Gasteiger partial charge < -0.3 is 0 Å². The monoisotopic (exact) mass is 298 g/mol. The predicted molar refractivity (Wildman–Crippen MR) is 86.3 cm³/mol. The molecule has 0 aliphatic heterocycles. The lowest BCUT2D eigenvalue weighted by atomic mass is 9.55. The average Bonchev–Trinajstić information content (AvgIpc) is 2.84. The summed E-state index contributed by atoms with van der Waals surface area (Å²) < 4.78 is 0. The highest BCUT2D eigenvalue weighted by Crippen LogP contribution is 2.62. The number of ketones is 2. The van der Waals surface area contributed by atoms with E-state index in [1.165, 1.54) is 30.4 Å². The van der Waals surface area contributed by atoms with E-state index in [2.05, 4.69) is 6.92 Å². The van der Waals surface area contributed by atoms with Crippen LogP contribution in [0.1, 0.15) is 65.2 Å². The Bertz CT molecular complexity index is 609. The third-order valence-corrected chi connectivity index (χ3v) is 7.22. The maximum absolute atomic E-state index is 12.1. The lowest BCUT2D eigenvalue weighted by Crippen LogP contribution is -2.41. The van der Waals surface area contributed by atoms with Crippen molar-refractivity contribution in [2.75, 3.05) is 0 Å². The largest absolute Gasteiger partial charge is 0.300 e. The van der Waals surface area contributed by atoms with Gasteiger partial charge in [-0.15, -0.1) is 0 Å². The summed E-state index contributed by atoms with van der Waals surface area (Å²) in [6, 6.07) is 0. The fourth-order valence-corrected chi connectivity index (χ4v) is 6.20. The summed E-state index contributed by atoms with van der Waals surface area (Å²) in [7, 11) is 0. The molecule has 0 bridgehead atoms. The minimum atomic E-state index is 0.228. The first kappa shape index (κ1) is 14.4. The van der Waals surface area contributed by atoms with Gasteiger partial charge in [-0.3, -0.25) is 9.59 Å². The first-order chi connectivity index (χ1) is 10.5. The van der Waals surface area contributed by atoms with E-state index in [4.69, 9.17) is 0 Å². The van der Waals surface area contributed by atoms with Crippen LogP contribution in [0.25, 0.3) is 0 Å². The van der Waals surface area contributed by atoms with Crippen molar-refractivity contribution in [2.24, 2.45) is 23.2 Å². The molecule has 2 fully saturated rings. The van der Waals surface area contributed by atoms with E-state index in [1.807, 2.05) is 6.08 Å². The molecule has 4 atom stereocenters. The molecular weight excluding hydrogens is 272 g/mol. The molecule has 118 valence electrons. The second-order valence-corrected chi connectivity index (χ2v) is 8.14. The molecule has 0 N–H and O–H groups in total. The van der Waals surface area contributed by atoms with Gasteiger partial charge in [-0.25, -0.2) is 0 Å². The molecular formula is C20H26O2. The number of rotatable bonds is 1. The summed E-state index contributed by atoms with van der Waals surface area (Å²) in [5.41, 5.74) is 4.76. The number of carbonyl (C=O) groups excluding carboxylic acids is 2. The van der Waals surface area contributed by atoms with Crippen molar-refractivity contribution in [1.29, 1.82) is 0 Å². The van der Waals surface area contributed by atoms with Gasteiger partial charge >= 0.3 is 0 Å². The molecule has 4 rings (SSSR count). The Hall–Kier alpha value is -1.18. The van der Waals surface area contributed by atoms with Crippen LogP contribution in [-0.2, 0) is 9.59 Å². The van der Waals surface area contributed by atoms with E-state index >= 15 is 0 Å². The molecule has 0 radical (unpaired) electrons. The Morgan fingerprint density at radius 2 is 1.95 bits per heavy atom. The minimum Gasteiger partial charge on any atom is -0.300 e. The number of hydrogen-bond donors (Lipinski definition) is 0. The van der Waals surface area contributed by atoms with Crippen molar-refractivity contribution < 1.29 is 9.59 Å². The van der Waals surface area contributed by atoms with Crippen LogP contribution in [0.2, 0.25) is 0 Å². The molecule has 0 aromatic heterocycles. The molecule has 2 unspecified atom stereocenters. The maximum Gasteiger partial charge on any atom is 0.156 e. The van der Waals surface area contributed by atoms with E-state index in [-0.39, 0.29) is 11.3 Å². The number of carbonyl (C=O) groups is 2. The summed E-state index contributed by atoms with van der Waals surface area (Å²) in [6.45, 7) is 4.18. The van der Waals surface area contributed by atoms with Crippen molar-refractivity contribution in [3.63, 3.8) is 0 Å². The van der Waals surface area contributed by atoms with Gasteiger partial charge in [0.25, 0.3) is 0 Å². The standard InChI is InChI=1S/C20H26O2/c1-12(21)18-7-8-19-17-5-3-13-11-14(22)4-6-15(13)16(17)9-10-20(18,19)2/h11,17-19H,3-10H2,1-2H3/t17?,18-,19?,20-/m0/s1. The molecule has 2 saturated carbocycles. The molecule has 0 heterocycles. The van der Waals surface area contributed by atoms with Gasteiger partial charge in [0.2, 0.25) is 0 Å². The van der Waals surface area contributed by atoms with Crippen LogP contribution < -0.4 is 0 Å². The summed E-state index contributed by atoms with van der Waals surface area (Å²) in [5.74, 6) is 2.38. The molecule has 22 heavy (non-hydrogen) atoms. The lowest BCUT2D eigenvalue weighted by Gasteiger charge is -2.49. The highest BCUT2D eigenvalue weighted by molar-refractivity contribution is 5.93. The van der Waals surface area contributed by atoms with Crippen LogP contribution in [0.15, 0.2) is 22.8 Å². The van der Waals surface area contributed by atoms with Crippen molar-refractivity contribution >= 4 is 11.6 Å². The molecule has 0 saturated heterocycles. The van der Waals surface area contributed by atoms with E-state index < -0.39 is 0 Å². The Labute approximate surface area is 133 Å². The van der Waals surface area contributed by atoms with Gasteiger partial charge in [0.05, 0.1) is 0 Å². The summed E-state index contributed by atoms with van der Waals surface area (Å²) in [6.07, 6.45) is 10.5. The molecule has 2 heteroatoms. The van der Waals surface area contributed by atoms with Crippen molar-refractivity contribution in [2.45, 2.75) is 65.2 Å². The van der Waals surface area contributed by atoms with E-state index in [0.29, 0.717) is 29.8 Å². The fraction of sp³-hybridized carbons (Fsp3) is 0.700. The smallest absolute Gasteiger partial charge is 0.156 e. The van der Waals surface area contributed by atoms with E-state index in [1.54, 1.807) is 12.5 Å². The van der Waals surface area contributed by atoms with Gasteiger partial charge in [0.1, 0.15) is 5.78 Å². The van der Waals surface area contributed by atoms with Gasteiger partial charge in [-0.05, 0) is 86.3 Å². The van der Waals surface area contributed by atoms with Crippen LogP contribution in [0.4, 0.5) is 0 Å². The molecule has 2 nitrogen and oxygen atoms in total. The lowest BCUT2D eigenvalue weighted by molar-refractivity contribution is -0.125. The van der Waals surface area contributed by atoms with Crippen LogP contribution in [0, 0.1) is 23.2 Å². The fourth-order valence-electron chi connectivity index (χ4n) is 6.20. The normalized spacial score (nSPS) is 40.7. The van der Waals surface area contributed by atoms with E-state index in [9.17, 15) is 9.59 Å². The van der Waals surface area contributed by atoms with Gasteiger partial charge in [-0.2, -0.15) is 0 Å². The number of allylic oxidation sites excluding steroid dienone is 4. The van der Waals surface area contributed by atoms with Crippen molar-refractivity contribution in [1.82, 2.24) is 0 Å². The summed E-state index contributed by atoms with van der Waals surface area (Å²) >= 11 is 0. The Morgan fingerprint density at radius 1 is 1.14 bits per heavy atom. The quantitative estimate of drug-likeness (QED) is 0.719. The summed E-state index contributed by atoms with van der Waals surface area (Å²) in [5, 5.41) is 0. The molecule has 0 aromatic rings. The zero-order valence-corrected chi connectivity index (χ0v) is 13.8. The minimum absolute atomic E-state index is 0.228. The Morgan fingerprint density at radius 3 is 2.73 bits per heavy atom. The second-order valence-electron chi connectivity index (χ2n) is 8.14. The third-order valence-electron chi connectivity index (χ3n) is 7.22. The van der Waals surface area contributed by atoms with E-state index in [0.717, 1.165) is 25.7 Å². The van der Waals surface area contributed by atoms with Crippen LogP contribution in [0.3, 0.4) is 0 Å². The number of Topliss-reactive ketones (excluding diaryl/α,β-unsaturated/α-hetero) is 1. The Kier molecular flexibility index (Phi) is 3.22. The molecule has 4 aliphatic carbocycles. The topological polar surface area (TPSA) is 34.1 Å². The van der Waals surface area contributed by atoms with Gasteiger partial charge in [0, 0.05) is 12.3 Å². The highest BCUT2D eigenvalue weighted by atomic mass is 16.1. The molecule has 0 amide bonds. The third kappa shape index (κ3) is 1.92. The summed E-state index contributed by atoms with van der Waals surface area (Å²) in [4.78, 5) is 23.8. The van der Waals surface area contributed by atoms with Crippen LogP contribution >= 0.6 is 0 Å². The SMILES string of the molecule is CC(=O)[C@@H]1CCC2C3CCC4=CC(=O)CCC4=C3CC[C@]21C. The number of hydrogen-bond acceptors (Lipinski definition) is 2. The second kappa shape index (κ2) is 4.91. The van der Waals surface area contributed by atoms with Gasteiger partial charge in [0.15, 0.2) is 5.78 Å². The highest BCUT2D eigenvalue weighted by Gasteiger charge is 2.54. The first-order valence-corrected chi connectivity index (χ1v) is 8.97.